The van der Waals surface area contributed by atoms with E-state index >= 15 is 0 Å². The average Bonchev–Trinajstić information content (AvgIpc) is 2.82. The van der Waals surface area contributed by atoms with Crippen molar-refractivity contribution < 1.29 is 35.8 Å². The molecule has 2 aromatic heterocycles. The molecular formula is C25H19F6N3O2. The number of fused-ring (bicyclic) bond motifs is 1. The number of aromatic nitrogens is 2. The smallest absolute Gasteiger partial charge is 0.418 e. The van der Waals surface area contributed by atoms with Gasteiger partial charge in [-0.05, 0) is 42.5 Å². The molecule has 4 aromatic rings. The summed E-state index contributed by atoms with van der Waals surface area (Å²) in [4.78, 5) is 8.49. The number of pyridine rings is 2. The average molecular weight is 507 g/mol. The van der Waals surface area contributed by atoms with Gasteiger partial charge >= 0.3 is 12.4 Å². The molecule has 0 spiro atoms. The van der Waals surface area contributed by atoms with Gasteiger partial charge in [0.15, 0.2) is 0 Å². The molecule has 2 heterocycles. The van der Waals surface area contributed by atoms with Gasteiger partial charge in [0.1, 0.15) is 0 Å². The van der Waals surface area contributed by atoms with Gasteiger partial charge < -0.3 is 14.8 Å². The minimum Gasteiger partial charge on any atom is -0.481 e. The first kappa shape index (κ1) is 25.2. The van der Waals surface area contributed by atoms with Crippen molar-refractivity contribution in [3.05, 3.63) is 77.5 Å². The molecule has 0 saturated heterocycles. The van der Waals surface area contributed by atoms with Crippen molar-refractivity contribution in [1.29, 1.82) is 0 Å². The Morgan fingerprint density at radius 2 is 1.53 bits per heavy atom. The van der Waals surface area contributed by atoms with Gasteiger partial charge in [0, 0.05) is 35.5 Å². The Morgan fingerprint density at radius 3 is 2.14 bits per heavy atom. The van der Waals surface area contributed by atoms with Gasteiger partial charge in [-0.3, -0.25) is 4.98 Å². The molecule has 0 aliphatic heterocycles. The lowest BCUT2D eigenvalue weighted by Gasteiger charge is -2.16. The number of halogens is 6. The highest BCUT2D eigenvalue weighted by atomic mass is 19.4. The second kappa shape index (κ2) is 9.65. The zero-order valence-electron chi connectivity index (χ0n) is 19.0. The van der Waals surface area contributed by atoms with E-state index in [2.05, 4.69) is 15.3 Å². The van der Waals surface area contributed by atoms with E-state index < -0.39 is 23.5 Å². The summed E-state index contributed by atoms with van der Waals surface area (Å²) in [5, 5.41) is 3.60. The molecule has 4 rings (SSSR count). The van der Waals surface area contributed by atoms with Crippen LogP contribution in [0.3, 0.4) is 0 Å². The first-order chi connectivity index (χ1) is 17.0. The molecule has 36 heavy (non-hydrogen) atoms. The predicted octanol–water partition coefficient (Wildman–Crippen LogP) is 7.23. The molecule has 0 unspecified atom stereocenters. The molecule has 1 N–H and O–H groups in total. The zero-order chi connectivity index (χ0) is 26.1. The summed E-state index contributed by atoms with van der Waals surface area (Å²) >= 11 is 0. The second-order valence-corrected chi connectivity index (χ2v) is 7.77. The van der Waals surface area contributed by atoms with E-state index in [0.29, 0.717) is 28.0 Å². The second-order valence-electron chi connectivity index (χ2n) is 7.77. The lowest BCUT2D eigenvalue weighted by molar-refractivity contribution is -0.138. The summed E-state index contributed by atoms with van der Waals surface area (Å²) in [5.74, 6) is 0.0175. The van der Waals surface area contributed by atoms with Gasteiger partial charge in [0.05, 0.1) is 41.7 Å². The van der Waals surface area contributed by atoms with Gasteiger partial charge in [-0.1, -0.05) is 12.1 Å². The van der Waals surface area contributed by atoms with Crippen LogP contribution in [0.15, 0.2) is 60.7 Å². The topological polar surface area (TPSA) is 56.3 Å². The summed E-state index contributed by atoms with van der Waals surface area (Å²) in [5.41, 5.74) is -0.191. The van der Waals surface area contributed by atoms with Crippen molar-refractivity contribution >= 4 is 22.3 Å². The first-order valence-electron chi connectivity index (χ1n) is 10.5. The van der Waals surface area contributed by atoms with E-state index in [1.54, 1.807) is 12.1 Å². The first-order valence-corrected chi connectivity index (χ1v) is 10.5. The van der Waals surface area contributed by atoms with Crippen molar-refractivity contribution in [3.63, 3.8) is 0 Å². The third-order valence-electron chi connectivity index (χ3n) is 5.30. The van der Waals surface area contributed by atoms with Crippen molar-refractivity contribution in [3.8, 4) is 17.1 Å². The molecule has 188 valence electrons. The number of alkyl halides is 6. The van der Waals surface area contributed by atoms with E-state index in [9.17, 15) is 26.3 Å². The molecule has 0 saturated carbocycles. The number of hydrogen-bond donors (Lipinski definition) is 1. The molecule has 0 atom stereocenters. The Labute approximate surface area is 201 Å². The number of ether oxygens (including phenoxy) is 2. The van der Waals surface area contributed by atoms with Crippen molar-refractivity contribution in [2.45, 2.75) is 19.0 Å². The van der Waals surface area contributed by atoms with Crippen LogP contribution in [0.2, 0.25) is 0 Å². The predicted molar refractivity (Wildman–Crippen MR) is 122 cm³/mol. The van der Waals surface area contributed by atoms with Crippen LogP contribution in [0.4, 0.5) is 37.7 Å². The van der Waals surface area contributed by atoms with Gasteiger partial charge in [-0.15, -0.1) is 0 Å². The third kappa shape index (κ3) is 5.35. The maximum Gasteiger partial charge on any atom is 0.418 e. The molecule has 0 aliphatic carbocycles. The maximum absolute atomic E-state index is 13.7. The van der Waals surface area contributed by atoms with Crippen LogP contribution in [0.5, 0.6) is 5.88 Å². The maximum atomic E-state index is 13.7. The Morgan fingerprint density at radius 1 is 0.806 bits per heavy atom. The van der Waals surface area contributed by atoms with E-state index in [1.807, 2.05) is 0 Å². The van der Waals surface area contributed by atoms with Crippen molar-refractivity contribution in [1.82, 2.24) is 9.97 Å². The summed E-state index contributed by atoms with van der Waals surface area (Å²) in [7, 11) is 2.76. The molecule has 0 fully saturated rings. The van der Waals surface area contributed by atoms with E-state index in [1.165, 1.54) is 38.5 Å². The van der Waals surface area contributed by atoms with Crippen LogP contribution in [-0.2, 0) is 23.7 Å². The van der Waals surface area contributed by atoms with Crippen LogP contribution in [-0.4, -0.2) is 24.2 Å². The normalized spacial score (nSPS) is 12.1. The summed E-state index contributed by atoms with van der Waals surface area (Å²) < 4.78 is 89.8. The fraction of sp³-hybridized carbons (Fsp3) is 0.200. The summed E-state index contributed by atoms with van der Waals surface area (Å²) in [6.45, 7) is 0.104. The molecule has 5 nitrogen and oxygen atoms in total. The highest BCUT2D eigenvalue weighted by molar-refractivity contribution is 5.95. The number of hydrogen-bond acceptors (Lipinski definition) is 5. The Hall–Kier alpha value is -3.86. The highest BCUT2D eigenvalue weighted by Gasteiger charge is 2.35. The van der Waals surface area contributed by atoms with Gasteiger partial charge in [-0.2, -0.15) is 26.3 Å². The molecule has 0 bridgehead atoms. The SMILES string of the molecule is COCc1cc(Nc2ccc(C(F)(F)F)cc2)c2ccc(-c3nc(OC)ccc3C(F)(F)F)cc2n1. The molecular weight excluding hydrogens is 488 g/mol. The number of rotatable bonds is 6. The molecule has 11 heteroatoms. The van der Waals surface area contributed by atoms with Gasteiger partial charge in [0.2, 0.25) is 5.88 Å². The molecule has 2 aromatic carbocycles. The summed E-state index contributed by atoms with van der Waals surface area (Å²) in [6.07, 6.45) is -9.11. The summed E-state index contributed by atoms with van der Waals surface area (Å²) in [6, 6.07) is 12.7. The number of benzene rings is 2. The largest absolute Gasteiger partial charge is 0.481 e. The molecule has 0 aliphatic rings. The fourth-order valence-electron chi connectivity index (χ4n) is 3.66. The van der Waals surface area contributed by atoms with Crippen LogP contribution in [0, 0.1) is 0 Å². The lowest BCUT2D eigenvalue weighted by Crippen LogP contribution is -2.09. The monoisotopic (exact) mass is 507 g/mol. The van der Waals surface area contributed by atoms with E-state index in [4.69, 9.17) is 9.47 Å². The van der Waals surface area contributed by atoms with Crippen molar-refractivity contribution in [2.75, 3.05) is 19.5 Å². The van der Waals surface area contributed by atoms with E-state index in [0.717, 1.165) is 24.3 Å². The van der Waals surface area contributed by atoms with Crippen molar-refractivity contribution in [2.24, 2.45) is 0 Å². The zero-order valence-corrected chi connectivity index (χ0v) is 19.0. The number of nitrogens with one attached hydrogen (secondary N) is 1. The lowest BCUT2D eigenvalue weighted by atomic mass is 10.0. The molecule has 0 amide bonds. The number of methoxy groups -OCH3 is 2. The number of anilines is 2. The molecule has 0 radical (unpaired) electrons. The van der Waals surface area contributed by atoms with Crippen LogP contribution in [0.1, 0.15) is 16.8 Å². The number of nitrogens with zero attached hydrogens (tertiary/aromatic N) is 2. The van der Waals surface area contributed by atoms with E-state index in [-0.39, 0.29) is 23.7 Å². The standard InChI is InChI=1S/C25H19F6N3O2/c1-35-13-17-12-21(32-16-6-4-15(5-7-16)24(26,27)28)18-8-3-14(11-20(18)33-17)23-19(25(29,30)31)9-10-22(34-23)36-2/h3-12H,13H2,1-2H3,(H,32,33). The Bertz CT molecular complexity index is 1390. The Kier molecular flexibility index (Phi) is 6.77. The Balaban J connectivity index is 1.81. The fourth-order valence-corrected chi connectivity index (χ4v) is 3.66. The minimum absolute atomic E-state index is 0.0175. The van der Waals surface area contributed by atoms with Gasteiger partial charge in [-0.25, -0.2) is 4.98 Å². The quantitative estimate of drug-likeness (QED) is 0.279. The van der Waals surface area contributed by atoms with Crippen LogP contribution in [0.25, 0.3) is 22.2 Å². The van der Waals surface area contributed by atoms with Gasteiger partial charge in [0.25, 0.3) is 0 Å². The minimum atomic E-state index is -4.65. The van der Waals surface area contributed by atoms with Crippen LogP contribution >= 0.6 is 0 Å². The van der Waals surface area contributed by atoms with Crippen LogP contribution < -0.4 is 10.1 Å². The highest BCUT2D eigenvalue weighted by Crippen LogP contribution is 2.39. The third-order valence-corrected chi connectivity index (χ3v) is 5.30.